The Labute approximate surface area is 183 Å². The van der Waals surface area contributed by atoms with Crippen LogP contribution in [0.1, 0.15) is 34.5 Å². The van der Waals surface area contributed by atoms with Gasteiger partial charge in [0.25, 0.3) is 11.5 Å². The molecular weight excluding hydrogens is 411 g/mol. The number of hydrogen-bond acceptors (Lipinski definition) is 4. The van der Waals surface area contributed by atoms with Gasteiger partial charge in [-0.1, -0.05) is 18.2 Å². The highest BCUT2D eigenvalue weighted by molar-refractivity contribution is 5.94. The Kier molecular flexibility index (Phi) is 5.20. The number of fused-ring (bicyclic) bond motifs is 1. The number of nitrogens with zero attached hydrogens (tertiary/aromatic N) is 3. The maximum absolute atomic E-state index is 14.4. The van der Waals surface area contributed by atoms with Crippen LogP contribution in [-0.2, 0) is 11.2 Å². The summed E-state index contributed by atoms with van der Waals surface area (Å²) in [5, 5.41) is 7.85. The second kappa shape index (κ2) is 8.18. The Morgan fingerprint density at radius 2 is 1.69 bits per heavy atom. The van der Waals surface area contributed by atoms with Crippen LogP contribution in [0, 0.1) is 11.7 Å². The lowest BCUT2D eigenvalue weighted by molar-refractivity contribution is -0.134. The Bertz CT molecular complexity index is 1260. The third-order valence-corrected chi connectivity index (χ3v) is 6.16. The number of halogens is 1. The van der Waals surface area contributed by atoms with Crippen LogP contribution in [0.25, 0.3) is 10.8 Å². The van der Waals surface area contributed by atoms with Crippen molar-refractivity contribution in [3.63, 3.8) is 0 Å². The fraction of sp³-hybridized carbons (Fsp3) is 0.333. The number of carbonyl (C=O) groups excluding carboxylic acids is 2. The molecular formula is C24H23FN4O3. The predicted octanol–water partition coefficient (Wildman–Crippen LogP) is 2.35. The molecule has 0 spiro atoms. The highest BCUT2D eigenvalue weighted by Crippen LogP contribution is 2.31. The SMILES string of the molecule is O=C(c1cc(F)cc(Cc2n[nH]c(=O)c3ccccc23)c1)N1CCN(C(=O)C2CC2)CC1. The summed E-state index contributed by atoms with van der Waals surface area (Å²) >= 11 is 0. The highest BCUT2D eigenvalue weighted by atomic mass is 19.1. The van der Waals surface area contributed by atoms with E-state index < -0.39 is 5.82 Å². The Hall–Kier alpha value is -3.55. The smallest absolute Gasteiger partial charge is 0.272 e. The molecule has 164 valence electrons. The minimum Gasteiger partial charge on any atom is -0.339 e. The van der Waals surface area contributed by atoms with Gasteiger partial charge in [0.15, 0.2) is 0 Å². The van der Waals surface area contributed by atoms with Gasteiger partial charge in [-0.25, -0.2) is 9.49 Å². The summed E-state index contributed by atoms with van der Waals surface area (Å²) in [5.74, 6) is -0.392. The monoisotopic (exact) mass is 434 g/mol. The molecule has 2 heterocycles. The second-order valence-electron chi connectivity index (χ2n) is 8.46. The van der Waals surface area contributed by atoms with Crippen molar-refractivity contribution in [2.24, 2.45) is 5.92 Å². The number of aromatic amines is 1. The molecule has 0 bridgehead atoms. The van der Waals surface area contributed by atoms with Crippen LogP contribution in [0.15, 0.2) is 47.3 Å². The molecule has 5 rings (SSSR count). The molecule has 2 aromatic carbocycles. The summed E-state index contributed by atoms with van der Waals surface area (Å²) in [5.41, 5.74) is 1.20. The zero-order valence-corrected chi connectivity index (χ0v) is 17.5. The first kappa shape index (κ1) is 20.4. The summed E-state index contributed by atoms with van der Waals surface area (Å²) in [4.78, 5) is 40.8. The van der Waals surface area contributed by atoms with Crippen molar-refractivity contribution in [3.05, 3.63) is 75.5 Å². The van der Waals surface area contributed by atoms with Crippen LogP contribution in [0.4, 0.5) is 4.39 Å². The minimum absolute atomic E-state index is 0.167. The molecule has 1 N–H and O–H groups in total. The number of amides is 2. The van der Waals surface area contributed by atoms with E-state index in [4.69, 9.17) is 0 Å². The summed E-state index contributed by atoms with van der Waals surface area (Å²) in [6, 6.07) is 11.4. The highest BCUT2D eigenvalue weighted by Gasteiger charge is 2.35. The molecule has 32 heavy (non-hydrogen) atoms. The topological polar surface area (TPSA) is 86.4 Å². The van der Waals surface area contributed by atoms with Gasteiger partial charge in [0.05, 0.1) is 11.1 Å². The molecule has 0 radical (unpaired) electrons. The molecule has 0 atom stereocenters. The van der Waals surface area contributed by atoms with E-state index in [0.717, 1.165) is 12.8 Å². The molecule has 0 unspecified atom stereocenters. The van der Waals surface area contributed by atoms with E-state index in [1.807, 2.05) is 11.0 Å². The number of rotatable bonds is 4. The van der Waals surface area contributed by atoms with Gasteiger partial charge in [-0.2, -0.15) is 5.10 Å². The summed E-state index contributed by atoms with van der Waals surface area (Å²) in [7, 11) is 0. The van der Waals surface area contributed by atoms with Crippen molar-refractivity contribution in [1.29, 1.82) is 0 Å². The van der Waals surface area contributed by atoms with Crippen LogP contribution >= 0.6 is 0 Å². The molecule has 1 saturated heterocycles. The predicted molar refractivity (Wildman–Crippen MR) is 117 cm³/mol. The van der Waals surface area contributed by atoms with Crippen molar-refractivity contribution in [2.45, 2.75) is 19.3 Å². The van der Waals surface area contributed by atoms with Gasteiger partial charge in [0, 0.05) is 49.5 Å². The first-order chi connectivity index (χ1) is 15.5. The van der Waals surface area contributed by atoms with Gasteiger partial charge < -0.3 is 9.80 Å². The zero-order chi connectivity index (χ0) is 22.2. The largest absolute Gasteiger partial charge is 0.339 e. The molecule has 8 heteroatoms. The minimum atomic E-state index is -0.498. The average molecular weight is 434 g/mol. The molecule has 3 aromatic rings. The number of carbonyl (C=O) groups is 2. The Morgan fingerprint density at radius 3 is 2.41 bits per heavy atom. The van der Waals surface area contributed by atoms with Gasteiger partial charge in [0.2, 0.25) is 5.91 Å². The van der Waals surface area contributed by atoms with E-state index in [0.29, 0.717) is 48.2 Å². The standard InChI is InChI=1S/C24H23FN4O3/c25-18-12-15(13-21-19-3-1-2-4-20(19)22(30)27-26-21)11-17(14-18)24(32)29-9-7-28(8-10-29)23(31)16-5-6-16/h1-4,11-12,14,16H,5-10,13H2,(H,27,30). The molecule has 2 fully saturated rings. The Balaban J connectivity index is 1.34. The lowest BCUT2D eigenvalue weighted by Crippen LogP contribution is -2.51. The van der Waals surface area contributed by atoms with E-state index in [-0.39, 0.29) is 35.3 Å². The molecule has 2 amide bonds. The quantitative estimate of drug-likeness (QED) is 0.683. The summed E-state index contributed by atoms with van der Waals surface area (Å²) in [6.45, 7) is 1.90. The Morgan fingerprint density at radius 1 is 1.00 bits per heavy atom. The number of hydrogen-bond donors (Lipinski definition) is 1. The van der Waals surface area contributed by atoms with Crippen molar-refractivity contribution in [1.82, 2.24) is 20.0 Å². The van der Waals surface area contributed by atoms with Crippen molar-refractivity contribution in [3.8, 4) is 0 Å². The van der Waals surface area contributed by atoms with Gasteiger partial charge in [-0.05, 0) is 42.7 Å². The van der Waals surface area contributed by atoms with Crippen molar-refractivity contribution >= 4 is 22.6 Å². The van der Waals surface area contributed by atoms with Gasteiger partial charge in [0.1, 0.15) is 5.82 Å². The third kappa shape index (κ3) is 4.00. The van der Waals surface area contributed by atoms with Crippen LogP contribution in [0.2, 0.25) is 0 Å². The van der Waals surface area contributed by atoms with Crippen LogP contribution in [0.3, 0.4) is 0 Å². The molecule has 1 aliphatic heterocycles. The van der Waals surface area contributed by atoms with Crippen molar-refractivity contribution in [2.75, 3.05) is 26.2 Å². The molecule has 1 aliphatic carbocycles. The number of nitrogens with one attached hydrogen (secondary N) is 1. The lowest BCUT2D eigenvalue weighted by atomic mass is 10.0. The zero-order valence-electron chi connectivity index (χ0n) is 17.5. The number of piperazine rings is 1. The van der Waals surface area contributed by atoms with E-state index in [2.05, 4.69) is 10.2 Å². The molecule has 2 aliphatic rings. The molecule has 1 saturated carbocycles. The van der Waals surface area contributed by atoms with Gasteiger partial charge in [-0.15, -0.1) is 0 Å². The van der Waals surface area contributed by atoms with Gasteiger partial charge in [-0.3, -0.25) is 14.4 Å². The second-order valence-corrected chi connectivity index (χ2v) is 8.46. The van der Waals surface area contributed by atoms with E-state index >= 15 is 0 Å². The average Bonchev–Trinajstić information content (AvgIpc) is 3.65. The normalized spacial score (nSPS) is 16.4. The van der Waals surface area contributed by atoms with E-state index in [1.54, 1.807) is 29.2 Å². The van der Waals surface area contributed by atoms with Crippen molar-refractivity contribution < 1.29 is 14.0 Å². The lowest BCUT2D eigenvalue weighted by Gasteiger charge is -2.35. The van der Waals surface area contributed by atoms with Crippen LogP contribution in [0.5, 0.6) is 0 Å². The fourth-order valence-corrected chi connectivity index (χ4v) is 4.28. The maximum atomic E-state index is 14.4. The summed E-state index contributed by atoms with van der Waals surface area (Å²) < 4.78 is 14.4. The van der Waals surface area contributed by atoms with Crippen LogP contribution < -0.4 is 5.56 Å². The number of aromatic nitrogens is 2. The molecule has 1 aromatic heterocycles. The fourth-order valence-electron chi connectivity index (χ4n) is 4.28. The first-order valence-corrected chi connectivity index (χ1v) is 10.8. The van der Waals surface area contributed by atoms with Gasteiger partial charge >= 0.3 is 0 Å². The molecule has 7 nitrogen and oxygen atoms in total. The van der Waals surface area contributed by atoms with E-state index in [1.165, 1.54) is 12.1 Å². The first-order valence-electron chi connectivity index (χ1n) is 10.8. The van der Waals surface area contributed by atoms with Crippen LogP contribution in [-0.4, -0.2) is 58.0 Å². The number of benzene rings is 2. The summed E-state index contributed by atoms with van der Waals surface area (Å²) in [6.07, 6.45) is 2.20. The third-order valence-electron chi connectivity index (χ3n) is 6.16. The number of H-pyrrole nitrogens is 1. The van der Waals surface area contributed by atoms with E-state index in [9.17, 15) is 18.8 Å². The maximum Gasteiger partial charge on any atom is 0.272 e.